The van der Waals surface area contributed by atoms with Crippen molar-refractivity contribution in [3.05, 3.63) is 39.2 Å². The third kappa shape index (κ3) is 2.09. The monoisotopic (exact) mass is 212 g/mol. The van der Waals surface area contributed by atoms with Gasteiger partial charge in [0.1, 0.15) is 5.82 Å². The Labute approximate surface area is 85.1 Å². The van der Waals surface area contributed by atoms with Crippen molar-refractivity contribution in [2.24, 2.45) is 0 Å². The Morgan fingerprint density at radius 2 is 2.13 bits per heavy atom. The van der Waals surface area contributed by atoms with E-state index in [1.807, 2.05) is 0 Å². The number of non-ortho nitro benzene ring substituents is 1. The number of amides is 1. The van der Waals surface area contributed by atoms with Gasteiger partial charge in [-0.2, -0.15) is 0 Å². The number of carbonyl (C=O) groups excluding carboxylic acids is 1. The molecular weight excluding hydrogens is 203 g/mol. The van der Waals surface area contributed by atoms with Crippen LogP contribution in [0, 0.1) is 22.9 Å². The van der Waals surface area contributed by atoms with Crippen LogP contribution >= 0.6 is 0 Å². The maximum absolute atomic E-state index is 13.4. The third-order valence-electron chi connectivity index (χ3n) is 1.92. The van der Waals surface area contributed by atoms with E-state index in [1.165, 1.54) is 14.0 Å². The highest BCUT2D eigenvalue weighted by Crippen LogP contribution is 2.20. The van der Waals surface area contributed by atoms with E-state index in [-0.39, 0.29) is 16.8 Å². The number of halogens is 1. The Morgan fingerprint density at radius 1 is 1.53 bits per heavy atom. The van der Waals surface area contributed by atoms with Crippen LogP contribution in [0.15, 0.2) is 12.1 Å². The molecule has 0 atom stereocenters. The molecule has 1 rings (SSSR count). The van der Waals surface area contributed by atoms with Crippen molar-refractivity contribution >= 4 is 11.6 Å². The standard InChI is InChI=1S/C9H9FN2O3/c1-5-3-6(12(14)15)4-7(8(5)10)9(13)11-2/h3-4H,1-2H3,(H,11,13). The number of hydrogen-bond donors (Lipinski definition) is 1. The van der Waals surface area contributed by atoms with Crippen molar-refractivity contribution in [1.29, 1.82) is 0 Å². The average molecular weight is 212 g/mol. The number of nitro groups is 1. The van der Waals surface area contributed by atoms with E-state index in [0.717, 1.165) is 12.1 Å². The molecular formula is C9H9FN2O3. The minimum Gasteiger partial charge on any atom is -0.355 e. The lowest BCUT2D eigenvalue weighted by Gasteiger charge is -2.04. The second kappa shape index (κ2) is 4.04. The summed E-state index contributed by atoms with van der Waals surface area (Å²) >= 11 is 0. The van der Waals surface area contributed by atoms with E-state index in [1.54, 1.807) is 0 Å². The lowest BCUT2D eigenvalue weighted by atomic mass is 10.1. The molecule has 0 saturated heterocycles. The quantitative estimate of drug-likeness (QED) is 0.594. The largest absolute Gasteiger partial charge is 0.355 e. The first-order valence-corrected chi connectivity index (χ1v) is 4.14. The number of carbonyl (C=O) groups is 1. The predicted octanol–water partition coefficient (Wildman–Crippen LogP) is 1.40. The first kappa shape index (κ1) is 11.1. The summed E-state index contributed by atoms with van der Waals surface area (Å²) in [6.07, 6.45) is 0. The van der Waals surface area contributed by atoms with Gasteiger partial charge in [-0.25, -0.2) is 4.39 Å². The summed E-state index contributed by atoms with van der Waals surface area (Å²) in [7, 11) is 1.33. The van der Waals surface area contributed by atoms with Crippen molar-refractivity contribution in [1.82, 2.24) is 5.32 Å². The molecule has 0 radical (unpaired) electrons. The van der Waals surface area contributed by atoms with Crippen molar-refractivity contribution in [3.63, 3.8) is 0 Å². The Hall–Kier alpha value is -1.98. The van der Waals surface area contributed by atoms with Crippen LogP contribution in [0.5, 0.6) is 0 Å². The van der Waals surface area contributed by atoms with Gasteiger partial charge in [0, 0.05) is 19.2 Å². The van der Waals surface area contributed by atoms with Crippen LogP contribution in [0.25, 0.3) is 0 Å². The fraction of sp³-hybridized carbons (Fsp3) is 0.222. The molecule has 0 spiro atoms. The van der Waals surface area contributed by atoms with Crippen LogP contribution in [0.4, 0.5) is 10.1 Å². The summed E-state index contributed by atoms with van der Waals surface area (Å²) in [4.78, 5) is 21.0. The molecule has 0 aliphatic carbocycles. The van der Waals surface area contributed by atoms with Crippen molar-refractivity contribution in [2.75, 3.05) is 7.05 Å². The average Bonchev–Trinajstić information content (AvgIpc) is 2.20. The molecule has 15 heavy (non-hydrogen) atoms. The smallest absolute Gasteiger partial charge is 0.270 e. The molecule has 0 heterocycles. The molecule has 80 valence electrons. The topological polar surface area (TPSA) is 72.2 Å². The first-order valence-electron chi connectivity index (χ1n) is 4.14. The molecule has 6 heteroatoms. The Kier molecular flexibility index (Phi) is 2.99. The van der Waals surface area contributed by atoms with Gasteiger partial charge >= 0.3 is 0 Å². The molecule has 0 saturated carbocycles. The normalized spacial score (nSPS) is 9.80. The number of benzene rings is 1. The molecule has 0 bridgehead atoms. The van der Waals surface area contributed by atoms with Crippen LogP contribution < -0.4 is 5.32 Å². The number of nitrogens with one attached hydrogen (secondary N) is 1. The lowest BCUT2D eigenvalue weighted by Crippen LogP contribution is -2.19. The first-order chi connectivity index (χ1) is 6.97. The molecule has 0 unspecified atom stereocenters. The minimum absolute atomic E-state index is 0.0720. The van der Waals surface area contributed by atoms with Gasteiger partial charge < -0.3 is 5.32 Å². The SMILES string of the molecule is CNC(=O)c1cc([N+](=O)[O-])cc(C)c1F. The van der Waals surface area contributed by atoms with Gasteiger partial charge in [-0.05, 0) is 12.5 Å². The van der Waals surface area contributed by atoms with Crippen molar-refractivity contribution in [3.8, 4) is 0 Å². The summed E-state index contributed by atoms with van der Waals surface area (Å²) < 4.78 is 13.4. The maximum Gasteiger partial charge on any atom is 0.270 e. The molecule has 5 nitrogen and oxygen atoms in total. The zero-order valence-electron chi connectivity index (χ0n) is 8.20. The fourth-order valence-electron chi connectivity index (χ4n) is 1.16. The third-order valence-corrected chi connectivity index (χ3v) is 1.92. The van der Waals surface area contributed by atoms with Gasteiger partial charge in [-0.3, -0.25) is 14.9 Å². The summed E-state index contributed by atoms with van der Waals surface area (Å²) in [5, 5.41) is 12.7. The summed E-state index contributed by atoms with van der Waals surface area (Å²) in [5.41, 5.74) is -0.542. The van der Waals surface area contributed by atoms with Gasteiger partial charge in [-0.1, -0.05) is 0 Å². The number of nitrogens with zero attached hydrogens (tertiary/aromatic N) is 1. The highest BCUT2D eigenvalue weighted by Gasteiger charge is 2.18. The second-order valence-corrected chi connectivity index (χ2v) is 2.96. The number of hydrogen-bond acceptors (Lipinski definition) is 3. The van der Waals surface area contributed by atoms with Crippen LogP contribution in [0.1, 0.15) is 15.9 Å². The van der Waals surface area contributed by atoms with Gasteiger partial charge in [0.25, 0.3) is 11.6 Å². The van der Waals surface area contributed by atoms with E-state index in [9.17, 15) is 19.3 Å². The number of aryl methyl sites for hydroxylation is 1. The van der Waals surface area contributed by atoms with Crippen molar-refractivity contribution in [2.45, 2.75) is 6.92 Å². The van der Waals surface area contributed by atoms with Crippen LogP contribution in [0.3, 0.4) is 0 Å². The van der Waals surface area contributed by atoms with E-state index < -0.39 is 16.6 Å². The highest BCUT2D eigenvalue weighted by molar-refractivity contribution is 5.95. The molecule has 1 N–H and O–H groups in total. The maximum atomic E-state index is 13.4. The number of nitro benzene ring substituents is 1. The van der Waals surface area contributed by atoms with Crippen LogP contribution in [0.2, 0.25) is 0 Å². The highest BCUT2D eigenvalue weighted by atomic mass is 19.1. The van der Waals surface area contributed by atoms with Gasteiger partial charge in [0.15, 0.2) is 0 Å². The van der Waals surface area contributed by atoms with Gasteiger partial charge in [0.2, 0.25) is 0 Å². The number of rotatable bonds is 2. The predicted molar refractivity (Wildman–Crippen MR) is 51.2 cm³/mol. The van der Waals surface area contributed by atoms with Gasteiger partial charge in [-0.15, -0.1) is 0 Å². The molecule has 0 fully saturated rings. The zero-order chi connectivity index (χ0) is 11.6. The fourth-order valence-corrected chi connectivity index (χ4v) is 1.16. The molecule has 1 aromatic rings. The summed E-state index contributed by atoms with van der Waals surface area (Å²) in [6, 6.07) is 2.00. The van der Waals surface area contributed by atoms with Gasteiger partial charge in [0.05, 0.1) is 10.5 Å². The summed E-state index contributed by atoms with van der Waals surface area (Å²) in [6.45, 7) is 1.37. The second-order valence-electron chi connectivity index (χ2n) is 2.96. The van der Waals surface area contributed by atoms with E-state index >= 15 is 0 Å². The molecule has 0 aliphatic rings. The Balaban J connectivity index is 3.37. The zero-order valence-corrected chi connectivity index (χ0v) is 8.20. The molecule has 0 aliphatic heterocycles. The lowest BCUT2D eigenvalue weighted by molar-refractivity contribution is -0.385. The molecule has 1 amide bonds. The van der Waals surface area contributed by atoms with Crippen LogP contribution in [-0.2, 0) is 0 Å². The summed E-state index contributed by atoms with van der Waals surface area (Å²) in [5.74, 6) is -1.42. The van der Waals surface area contributed by atoms with Crippen LogP contribution in [-0.4, -0.2) is 17.9 Å². The molecule has 0 aromatic heterocycles. The molecule has 1 aromatic carbocycles. The van der Waals surface area contributed by atoms with E-state index in [4.69, 9.17) is 0 Å². The van der Waals surface area contributed by atoms with Crippen molar-refractivity contribution < 1.29 is 14.1 Å². The van der Waals surface area contributed by atoms with E-state index in [2.05, 4.69) is 5.32 Å². The Morgan fingerprint density at radius 3 is 2.60 bits per heavy atom. The Bertz CT molecular complexity index is 432. The minimum atomic E-state index is -0.736. The van der Waals surface area contributed by atoms with E-state index in [0.29, 0.717) is 0 Å².